The molecule has 0 saturated heterocycles. The topological polar surface area (TPSA) is 44.3 Å². The van der Waals surface area contributed by atoms with Crippen LogP contribution in [0.3, 0.4) is 0 Å². The number of hydrogen-bond donors (Lipinski definition) is 1. The van der Waals surface area contributed by atoms with Gasteiger partial charge in [-0.1, -0.05) is 13.8 Å². The van der Waals surface area contributed by atoms with Crippen molar-refractivity contribution in [1.82, 2.24) is 0 Å². The van der Waals surface area contributed by atoms with Crippen molar-refractivity contribution in [3.8, 4) is 17.2 Å². The van der Waals surface area contributed by atoms with E-state index in [1.165, 1.54) is 11.1 Å². The van der Waals surface area contributed by atoms with E-state index in [0.717, 1.165) is 24.5 Å². The number of hydrogen-bond acceptors (Lipinski definition) is 3. The van der Waals surface area contributed by atoms with Crippen molar-refractivity contribution in [2.45, 2.75) is 26.3 Å². The number of benzene rings is 1. The summed E-state index contributed by atoms with van der Waals surface area (Å²) in [6, 6.07) is 2.51. The quantitative estimate of drug-likeness (QED) is 0.899. The molecule has 106 valence electrons. The number of quaternary nitrogens is 1. The molecule has 2 N–H and O–H groups in total. The highest BCUT2D eigenvalue weighted by Gasteiger charge is 2.33. The van der Waals surface area contributed by atoms with E-state index < -0.39 is 0 Å². The monoisotopic (exact) mass is 266 g/mol. The third-order valence-electron chi connectivity index (χ3n) is 3.84. The molecule has 1 heterocycles. The Bertz CT molecular complexity index is 457. The molecule has 0 saturated carbocycles. The molecule has 1 atom stereocenters. The first-order valence-electron chi connectivity index (χ1n) is 6.79. The van der Waals surface area contributed by atoms with E-state index in [9.17, 15) is 0 Å². The molecule has 4 heteroatoms. The van der Waals surface area contributed by atoms with Gasteiger partial charge in [-0.05, 0) is 11.6 Å². The maximum absolute atomic E-state index is 5.63. The third kappa shape index (κ3) is 2.37. The molecule has 1 aromatic carbocycles. The fraction of sp³-hybridized carbons (Fsp3) is 0.600. The normalized spacial score (nSPS) is 18.1. The number of nitrogens with two attached hydrogens (primary N) is 1. The van der Waals surface area contributed by atoms with Crippen LogP contribution in [0.5, 0.6) is 17.2 Å². The van der Waals surface area contributed by atoms with Gasteiger partial charge in [-0.15, -0.1) is 0 Å². The number of fused-ring (bicyclic) bond motifs is 1. The summed E-state index contributed by atoms with van der Waals surface area (Å²) in [5.41, 5.74) is 2.58. The lowest BCUT2D eigenvalue weighted by molar-refractivity contribution is -0.705. The van der Waals surface area contributed by atoms with E-state index in [-0.39, 0.29) is 0 Å². The molecule has 1 aliphatic heterocycles. The summed E-state index contributed by atoms with van der Waals surface area (Å²) in [4.78, 5) is 0. The molecular weight excluding hydrogens is 242 g/mol. The fourth-order valence-electron chi connectivity index (χ4n) is 2.94. The summed E-state index contributed by atoms with van der Waals surface area (Å²) in [5.74, 6) is 2.82. The Morgan fingerprint density at radius 2 is 1.79 bits per heavy atom. The number of methoxy groups -OCH3 is 3. The van der Waals surface area contributed by atoms with Crippen LogP contribution < -0.4 is 19.5 Å². The summed E-state index contributed by atoms with van der Waals surface area (Å²) in [6.07, 6.45) is 1.04. The van der Waals surface area contributed by atoms with E-state index >= 15 is 0 Å². The Kier molecular flexibility index (Phi) is 4.20. The summed E-state index contributed by atoms with van der Waals surface area (Å²) in [7, 11) is 5.02. The van der Waals surface area contributed by atoms with Gasteiger partial charge in [0.2, 0.25) is 5.75 Å². The van der Waals surface area contributed by atoms with Crippen molar-refractivity contribution in [1.29, 1.82) is 0 Å². The molecule has 1 unspecified atom stereocenters. The highest BCUT2D eigenvalue weighted by atomic mass is 16.5. The summed E-state index contributed by atoms with van der Waals surface area (Å²) < 4.78 is 16.5. The van der Waals surface area contributed by atoms with E-state index in [0.29, 0.717) is 17.7 Å². The summed E-state index contributed by atoms with van der Waals surface area (Å²) >= 11 is 0. The van der Waals surface area contributed by atoms with Crippen LogP contribution in [0.4, 0.5) is 0 Å². The maximum Gasteiger partial charge on any atom is 0.203 e. The van der Waals surface area contributed by atoms with Gasteiger partial charge in [0.15, 0.2) is 11.5 Å². The standard InChI is InChI=1S/C15H23NO3/c1-9(2)13-12-10(6-7-16-13)8-11(17-3)14(18-4)15(12)19-5/h8-9,13,16H,6-7H2,1-5H3/p+1. The number of rotatable bonds is 4. The first-order chi connectivity index (χ1) is 9.13. The Morgan fingerprint density at radius 3 is 2.32 bits per heavy atom. The molecule has 19 heavy (non-hydrogen) atoms. The second-order valence-corrected chi connectivity index (χ2v) is 5.26. The van der Waals surface area contributed by atoms with Crippen LogP contribution in [0.1, 0.15) is 31.0 Å². The van der Waals surface area contributed by atoms with Crippen LogP contribution in [0, 0.1) is 5.92 Å². The molecule has 1 aromatic rings. The second-order valence-electron chi connectivity index (χ2n) is 5.26. The van der Waals surface area contributed by atoms with Gasteiger partial charge in [0, 0.05) is 12.3 Å². The first kappa shape index (κ1) is 14.0. The number of ether oxygens (including phenoxy) is 3. The summed E-state index contributed by atoms with van der Waals surface area (Å²) in [6.45, 7) is 5.59. The lowest BCUT2D eigenvalue weighted by Gasteiger charge is -2.29. The predicted molar refractivity (Wildman–Crippen MR) is 74.2 cm³/mol. The van der Waals surface area contributed by atoms with E-state index in [1.807, 2.05) is 0 Å². The van der Waals surface area contributed by atoms with Gasteiger partial charge in [-0.3, -0.25) is 0 Å². The molecule has 0 radical (unpaired) electrons. The van der Waals surface area contributed by atoms with Crippen LogP contribution in [0.15, 0.2) is 6.07 Å². The fourth-order valence-corrected chi connectivity index (χ4v) is 2.94. The minimum absolute atomic E-state index is 0.415. The molecule has 0 spiro atoms. The van der Waals surface area contributed by atoms with E-state index in [4.69, 9.17) is 14.2 Å². The van der Waals surface area contributed by atoms with Crippen LogP contribution in [0.2, 0.25) is 0 Å². The third-order valence-corrected chi connectivity index (χ3v) is 3.84. The zero-order valence-corrected chi connectivity index (χ0v) is 12.4. The van der Waals surface area contributed by atoms with Gasteiger partial charge in [0.1, 0.15) is 6.04 Å². The molecule has 1 aliphatic rings. The highest BCUT2D eigenvalue weighted by molar-refractivity contribution is 5.60. The lowest BCUT2D eigenvalue weighted by Crippen LogP contribution is -2.88. The van der Waals surface area contributed by atoms with Gasteiger partial charge in [-0.2, -0.15) is 0 Å². The molecule has 0 amide bonds. The van der Waals surface area contributed by atoms with Crippen LogP contribution >= 0.6 is 0 Å². The predicted octanol–water partition coefficient (Wildman–Crippen LogP) is 1.53. The lowest BCUT2D eigenvalue weighted by atomic mass is 9.86. The molecule has 2 rings (SSSR count). The zero-order chi connectivity index (χ0) is 14.0. The molecule has 0 aromatic heterocycles. The van der Waals surface area contributed by atoms with Crippen molar-refractivity contribution >= 4 is 0 Å². The highest BCUT2D eigenvalue weighted by Crippen LogP contribution is 2.45. The largest absolute Gasteiger partial charge is 0.493 e. The van der Waals surface area contributed by atoms with Gasteiger partial charge in [0.05, 0.1) is 33.4 Å². The summed E-state index contributed by atoms with van der Waals surface area (Å²) in [5, 5.41) is 2.39. The van der Waals surface area contributed by atoms with Gasteiger partial charge in [-0.25, -0.2) is 0 Å². The zero-order valence-electron chi connectivity index (χ0n) is 12.4. The Hall–Kier alpha value is -1.42. The van der Waals surface area contributed by atoms with Crippen molar-refractivity contribution in [2.24, 2.45) is 5.92 Å². The van der Waals surface area contributed by atoms with Crippen molar-refractivity contribution in [3.63, 3.8) is 0 Å². The smallest absolute Gasteiger partial charge is 0.203 e. The minimum atomic E-state index is 0.415. The first-order valence-corrected chi connectivity index (χ1v) is 6.79. The minimum Gasteiger partial charge on any atom is -0.493 e. The SMILES string of the molecule is COc1cc2c(c(OC)c1OC)C(C(C)C)[NH2+]CC2. The Morgan fingerprint density at radius 1 is 1.11 bits per heavy atom. The molecule has 0 bridgehead atoms. The van der Waals surface area contributed by atoms with Gasteiger partial charge in [0.25, 0.3) is 0 Å². The van der Waals surface area contributed by atoms with E-state index in [2.05, 4.69) is 25.2 Å². The van der Waals surface area contributed by atoms with Crippen molar-refractivity contribution in [3.05, 3.63) is 17.2 Å². The maximum atomic E-state index is 5.63. The molecular formula is C15H24NO3+. The molecule has 4 nitrogen and oxygen atoms in total. The van der Waals surface area contributed by atoms with Crippen LogP contribution in [0.25, 0.3) is 0 Å². The van der Waals surface area contributed by atoms with E-state index in [1.54, 1.807) is 21.3 Å². The molecule has 0 aliphatic carbocycles. The Labute approximate surface area is 115 Å². The van der Waals surface area contributed by atoms with Gasteiger partial charge >= 0.3 is 0 Å². The Balaban J connectivity index is 2.65. The van der Waals surface area contributed by atoms with Crippen LogP contribution in [-0.2, 0) is 6.42 Å². The average Bonchev–Trinajstić information content (AvgIpc) is 2.43. The average molecular weight is 266 g/mol. The second kappa shape index (κ2) is 5.70. The van der Waals surface area contributed by atoms with Crippen molar-refractivity contribution < 1.29 is 19.5 Å². The molecule has 0 fully saturated rings. The van der Waals surface area contributed by atoms with Crippen molar-refractivity contribution in [2.75, 3.05) is 27.9 Å². The van der Waals surface area contributed by atoms with Crippen LogP contribution in [-0.4, -0.2) is 27.9 Å². The van der Waals surface area contributed by atoms with Gasteiger partial charge < -0.3 is 19.5 Å².